The largest absolute Gasteiger partial charge is 0.378 e. The van der Waals surface area contributed by atoms with E-state index in [0.29, 0.717) is 38.6 Å². The van der Waals surface area contributed by atoms with Crippen LogP contribution in [-0.2, 0) is 16.1 Å². The maximum atomic E-state index is 12.3. The molecule has 1 fully saturated rings. The Labute approximate surface area is 145 Å². The fourth-order valence-electron chi connectivity index (χ4n) is 2.52. The van der Waals surface area contributed by atoms with Crippen molar-refractivity contribution in [1.82, 2.24) is 19.7 Å². The Morgan fingerprint density at radius 2 is 2.00 bits per heavy atom. The van der Waals surface area contributed by atoms with E-state index in [0.717, 1.165) is 16.5 Å². The second-order valence-corrected chi connectivity index (χ2v) is 6.30. The summed E-state index contributed by atoms with van der Waals surface area (Å²) in [4.78, 5) is 14.1. The number of nitrogens with zero attached hydrogens (tertiary/aromatic N) is 4. The molecule has 0 bridgehead atoms. The van der Waals surface area contributed by atoms with Gasteiger partial charge in [0.05, 0.1) is 19.0 Å². The van der Waals surface area contributed by atoms with Gasteiger partial charge in [-0.05, 0) is 0 Å². The minimum Gasteiger partial charge on any atom is -0.378 e. The number of amides is 1. The Balaban J connectivity index is 1.72. The van der Waals surface area contributed by atoms with Gasteiger partial charge >= 0.3 is 0 Å². The van der Waals surface area contributed by atoms with E-state index in [1.165, 1.54) is 11.8 Å². The zero-order chi connectivity index (χ0) is 16.8. The average Bonchev–Trinajstić information content (AvgIpc) is 3.04. The summed E-state index contributed by atoms with van der Waals surface area (Å²) in [6.07, 6.45) is 1.81. The number of ether oxygens (including phenoxy) is 1. The van der Waals surface area contributed by atoms with Crippen molar-refractivity contribution < 1.29 is 9.53 Å². The molecule has 1 saturated heterocycles. The van der Waals surface area contributed by atoms with Crippen LogP contribution in [0, 0.1) is 0 Å². The van der Waals surface area contributed by atoms with Crippen molar-refractivity contribution in [1.29, 1.82) is 0 Å². The van der Waals surface area contributed by atoms with Gasteiger partial charge in [-0.25, -0.2) is 0 Å². The van der Waals surface area contributed by atoms with E-state index in [1.807, 2.05) is 45.9 Å². The quantitative estimate of drug-likeness (QED) is 0.593. The third-order valence-electron chi connectivity index (χ3n) is 3.75. The van der Waals surface area contributed by atoms with E-state index in [4.69, 9.17) is 4.74 Å². The van der Waals surface area contributed by atoms with Crippen LogP contribution in [0.4, 0.5) is 0 Å². The first-order chi connectivity index (χ1) is 11.8. The first-order valence-electron chi connectivity index (χ1n) is 7.87. The fourth-order valence-corrected chi connectivity index (χ4v) is 3.37. The minimum absolute atomic E-state index is 0.109. The average molecular weight is 344 g/mol. The molecule has 0 spiro atoms. The molecule has 1 aliphatic rings. The van der Waals surface area contributed by atoms with Gasteiger partial charge in [-0.15, -0.1) is 16.8 Å². The second-order valence-electron chi connectivity index (χ2n) is 5.35. The van der Waals surface area contributed by atoms with Crippen LogP contribution in [-0.4, -0.2) is 57.6 Å². The van der Waals surface area contributed by atoms with E-state index >= 15 is 0 Å². The molecule has 126 valence electrons. The number of aromatic nitrogens is 3. The van der Waals surface area contributed by atoms with Crippen LogP contribution in [0.2, 0.25) is 0 Å². The molecular formula is C17H20N4O2S. The molecule has 1 aromatic heterocycles. The summed E-state index contributed by atoms with van der Waals surface area (Å²) in [6, 6.07) is 9.90. The van der Waals surface area contributed by atoms with Crippen LogP contribution < -0.4 is 0 Å². The van der Waals surface area contributed by atoms with Crippen molar-refractivity contribution in [2.24, 2.45) is 0 Å². The van der Waals surface area contributed by atoms with E-state index in [1.54, 1.807) is 0 Å². The maximum Gasteiger partial charge on any atom is 0.233 e. The molecule has 24 heavy (non-hydrogen) atoms. The number of carbonyl (C=O) groups is 1. The first-order valence-corrected chi connectivity index (χ1v) is 8.86. The Morgan fingerprint density at radius 1 is 1.25 bits per heavy atom. The monoisotopic (exact) mass is 344 g/mol. The maximum absolute atomic E-state index is 12.3. The number of thioether (sulfide) groups is 1. The second kappa shape index (κ2) is 8.12. The van der Waals surface area contributed by atoms with Gasteiger partial charge < -0.3 is 9.64 Å². The molecule has 0 aliphatic carbocycles. The molecule has 0 unspecified atom stereocenters. The third-order valence-corrected chi connectivity index (χ3v) is 4.70. The van der Waals surface area contributed by atoms with Crippen LogP contribution >= 0.6 is 11.8 Å². The van der Waals surface area contributed by atoms with Gasteiger partial charge in [-0.2, -0.15) is 0 Å². The molecule has 1 aromatic carbocycles. The zero-order valence-electron chi connectivity index (χ0n) is 13.4. The number of hydrogen-bond acceptors (Lipinski definition) is 5. The Hall–Kier alpha value is -2.12. The van der Waals surface area contributed by atoms with Crippen molar-refractivity contribution in [2.45, 2.75) is 11.7 Å². The SMILES string of the molecule is C=CCn1c(SCC(=O)N2CCOCC2)nnc1-c1ccccc1. The van der Waals surface area contributed by atoms with Crippen molar-refractivity contribution in [2.75, 3.05) is 32.1 Å². The molecule has 6 nitrogen and oxygen atoms in total. The third kappa shape index (κ3) is 3.85. The number of benzene rings is 1. The summed E-state index contributed by atoms with van der Waals surface area (Å²) in [5.74, 6) is 1.25. The lowest BCUT2D eigenvalue weighted by Crippen LogP contribution is -2.41. The lowest BCUT2D eigenvalue weighted by molar-refractivity contribution is -0.132. The lowest BCUT2D eigenvalue weighted by Gasteiger charge is -2.26. The summed E-state index contributed by atoms with van der Waals surface area (Å²) >= 11 is 1.41. The number of morpholine rings is 1. The van der Waals surface area contributed by atoms with Gasteiger partial charge in [0.1, 0.15) is 0 Å². The first kappa shape index (κ1) is 16.7. The zero-order valence-corrected chi connectivity index (χ0v) is 14.2. The smallest absolute Gasteiger partial charge is 0.233 e. The molecule has 0 N–H and O–H groups in total. The van der Waals surface area contributed by atoms with Crippen molar-refractivity contribution >= 4 is 17.7 Å². The summed E-state index contributed by atoms with van der Waals surface area (Å²) < 4.78 is 7.26. The molecule has 1 amide bonds. The standard InChI is InChI=1S/C17H20N4O2S/c1-2-8-21-16(14-6-4-3-5-7-14)18-19-17(21)24-13-15(22)20-9-11-23-12-10-20/h2-7H,1,8-13H2. The summed E-state index contributed by atoms with van der Waals surface area (Å²) in [6.45, 7) is 6.95. The van der Waals surface area contributed by atoms with Gasteiger partial charge in [-0.1, -0.05) is 48.2 Å². The number of hydrogen-bond donors (Lipinski definition) is 0. The highest BCUT2D eigenvalue weighted by Crippen LogP contribution is 2.24. The highest BCUT2D eigenvalue weighted by molar-refractivity contribution is 7.99. The van der Waals surface area contributed by atoms with Crippen LogP contribution in [0.25, 0.3) is 11.4 Å². The molecule has 7 heteroatoms. The summed E-state index contributed by atoms with van der Waals surface area (Å²) in [7, 11) is 0. The van der Waals surface area contributed by atoms with E-state index in [2.05, 4.69) is 16.8 Å². The normalized spacial score (nSPS) is 14.6. The molecular weight excluding hydrogens is 324 g/mol. The van der Waals surface area contributed by atoms with E-state index in [9.17, 15) is 4.79 Å². The molecule has 3 rings (SSSR count). The van der Waals surface area contributed by atoms with Crippen molar-refractivity contribution in [3.05, 3.63) is 43.0 Å². The number of rotatable bonds is 6. The Kier molecular flexibility index (Phi) is 5.66. The van der Waals surface area contributed by atoms with Crippen molar-refractivity contribution in [3.8, 4) is 11.4 Å². The fraction of sp³-hybridized carbons (Fsp3) is 0.353. The molecule has 2 aromatic rings. The van der Waals surface area contributed by atoms with Gasteiger partial charge in [-0.3, -0.25) is 9.36 Å². The van der Waals surface area contributed by atoms with Crippen LogP contribution in [0.3, 0.4) is 0 Å². The van der Waals surface area contributed by atoms with Crippen LogP contribution in [0.15, 0.2) is 48.1 Å². The molecule has 0 atom stereocenters. The molecule has 0 radical (unpaired) electrons. The molecule has 0 saturated carbocycles. The van der Waals surface area contributed by atoms with Gasteiger partial charge in [0.25, 0.3) is 0 Å². The highest BCUT2D eigenvalue weighted by atomic mass is 32.2. The van der Waals surface area contributed by atoms with Crippen molar-refractivity contribution in [3.63, 3.8) is 0 Å². The number of carbonyl (C=O) groups excluding carboxylic acids is 1. The highest BCUT2D eigenvalue weighted by Gasteiger charge is 2.19. The predicted octanol–water partition coefficient (Wildman–Crippen LogP) is 2.08. The van der Waals surface area contributed by atoms with E-state index < -0.39 is 0 Å². The number of allylic oxidation sites excluding steroid dienone is 1. The minimum atomic E-state index is 0.109. The summed E-state index contributed by atoms with van der Waals surface area (Å²) in [5, 5.41) is 9.29. The van der Waals surface area contributed by atoms with Crippen LogP contribution in [0.1, 0.15) is 0 Å². The van der Waals surface area contributed by atoms with Crippen LogP contribution in [0.5, 0.6) is 0 Å². The topological polar surface area (TPSA) is 60.2 Å². The Morgan fingerprint density at radius 3 is 2.71 bits per heavy atom. The molecule has 2 heterocycles. The van der Waals surface area contributed by atoms with Gasteiger partial charge in [0.15, 0.2) is 11.0 Å². The van der Waals surface area contributed by atoms with E-state index in [-0.39, 0.29) is 5.91 Å². The molecule has 1 aliphatic heterocycles. The Bertz CT molecular complexity index is 696. The van der Waals surface area contributed by atoms with Gasteiger partial charge in [0.2, 0.25) is 5.91 Å². The lowest BCUT2D eigenvalue weighted by atomic mass is 10.2. The van der Waals surface area contributed by atoms with Gasteiger partial charge in [0, 0.05) is 25.2 Å². The predicted molar refractivity (Wildman–Crippen MR) is 93.8 cm³/mol. The summed E-state index contributed by atoms with van der Waals surface area (Å²) in [5.41, 5.74) is 0.998.